The molecule has 0 aromatic carbocycles. The van der Waals surface area contributed by atoms with Gasteiger partial charge in [0.2, 0.25) is 0 Å². The van der Waals surface area contributed by atoms with Crippen molar-refractivity contribution in [2.45, 2.75) is 6.42 Å². The second kappa shape index (κ2) is 5.37. The first-order valence-corrected chi connectivity index (χ1v) is 4.24. The van der Waals surface area contributed by atoms with Gasteiger partial charge in [0.15, 0.2) is 0 Å². The molecule has 0 spiro atoms. The Hall–Kier alpha value is -2.38. The molecular formula is C9H10N6. The van der Waals surface area contributed by atoms with Crippen molar-refractivity contribution in [2.24, 2.45) is 5.11 Å². The quantitative estimate of drug-likeness (QED) is 0.247. The Morgan fingerprint density at radius 3 is 3.00 bits per heavy atom. The molecule has 0 fully saturated rings. The Morgan fingerprint density at radius 2 is 2.27 bits per heavy atom. The summed E-state index contributed by atoms with van der Waals surface area (Å²) in [5.74, 6) is 5.63. The molecule has 0 unspecified atom stereocenters. The lowest BCUT2D eigenvalue weighted by Gasteiger charge is -1.99. The summed E-state index contributed by atoms with van der Waals surface area (Å²) in [7, 11) is 0. The molecule has 1 aromatic heterocycles. The molecule has 0 aliphatic carbocycles. The lowest BCUT2D eigenvalue weighted by molar-refractivity contribution is 1.01. The van der Waals surface area contributed by atoms with Gasteiger partial charge in [-0.25, -0.2) is 0 Å². The number of rotatable bonds is 2. The van der Waals surface area contributed by atoms with Crippen LogP contribution in [0.15, 0.2) is 17.5 Å². The third-order valence-corrected chi connectivity index (χ3v) is 1.64. The molecule has 0 radical (unpaired) electrons. The first-order valence-electron chi connectivity index (χ1n) is 4.24. The van der Waals surface area contributed by atoms with E-state index >= 15 is 0 Å². The number of azide groups is 1. The zero-order chi connectivity index (χ0) is 11.1. The van der Waals surface area contributed by atoms with E-state index in [1.165, 1.54) is 6.20 Å². The van der Waals surface area contributed by atoms with Crippen LogP contribution >= 0.6 is 0 Å². The van der Waals surface area contributed by atoms with Crippen LogP contribution < -0.4 is 11.5 Å². The predicted octanol–water partition coefficient (Wildman–Crippen LogP) is 1.30. The predicted molar refractivity (Wildman–Crippen MR) is 58.6 cm³/mol. The van der Waals surface area contributed by atoms with Crippen molar-refractivity contribution in [2.75, 3.05) is 18.0 Å². The highest BCUT2D eigenvalue weighted by atomic mass is 15.1. The molecular weight excluding hydrogens is 192 g/mol. The molecule has 6 nitrogen and oxygen atoms in total. The average Bonchev–Trinajstić information content (AvgIpc) is 2.24. The number of hydrogen-bond acceptors (Lipinski definition) is 4. The summed E-state index contributed by atoms with van der Waals surface area (Å²) >= 11 is 0. The lowest BCUT2D eigenvalue weighted by atomic mass is 10.2. The van der Waals surface area contributed by atoms with E-state index in [2.05, 4.69) is 26.9 Å². The zero-order valence-corrected chi connectivity index (χ0v) is 8.01. The summed E-state index contributed by atoms with van der Waals surface area (Å²) in [6.07, 6.45) is 3.51. The van der Waals surface area contributed by atoms with Crippen molar-refractivity contribution in [3.8, 4) is 11.8 Å². The molecule has 4 N–H and O–H groups in total. The van der Waals surface area contributed by atoms with Gasteiger partial charge in [0.05, 0.1) is 23.1 Å². The average molecular weight is 202 g/mol. The fraction of sp³-hybridized carbons (Fsp3) is 0.222. The molecule has 0 saturated carbocycles. The summed E-state index contributed by atoms with van der Waals surface area (Å²) in [5.41, 5.74) is 20.7. The van der Waals surface area contributed by atoms with Gasteiger partial charge in [0.1, 0.15) is 0 Å². The summed E-state index contributed by atoms with van der Waals surface area (Å²) < 4.78 is 0. The minimum absolute atomic E-state index is 0.346. The summed E-state index contributed by atoms with van der Waals surface area (Å²) in [6, 6.07) is 0. The molecule has 1 rings (SSSR count). The van der Waals surface area contributed by atoms with Gasteiger partial charge in [0, 0.05) is 24.1 Å². The smallest absolute Gasteiger partial charge is 0.0747 e. The minimum atomic E-state index is 0.346. The minimum Gasteiger partial charge on any atom is -0.396 e. The maximum Gasteiger partial charge on any atom is 0.0747 e. The second-order valence-corrected chi connectivity index (χ2v) is 2.70. The van der Waals surface area contributed by atoms with Crippen molar-refractivity contribution in [1.29, 1.82) is 0 Å². The monoisotopic (exact) mass is 202 g/mol. The van der Waals surface area contributed by atoms with Gasteiger partial charge >= 0.3 is 0 Å². The van der Waals surface area contributed by atoms with E-state index in [1.54, 1.807) is 6.20 Å². The van der Waals surface area contributed by atoms with Crippen LogP contribution in [0, 0.1) is 11.8 Å². The van der Waals surface area contributed by atoms with Crippen LogP contribution in [0.3, 0.4) is 0 Å². The number of anilines is 2. The molecule has 0 amide bonds. The molecule has 76 valence electrons. The van der Waals surface area contributed by atoms with Crippen molar-refractivity contribution < 1.29 is 0 Å². The molecule has 15 heavy (non-hydrogen) atoms. The molecule has 0 aliphatic heterocycles. The summed E-state index contributed by atoms with van der Waals surface area (Å²) in [4.78, 5) is 6.48. The van der Waals surface area contributed by atoms with Crippen LogP contribution in [-0.4, -0.2) is 11.5 Å². The van der Waals surface area contributed by atoms with Crippen LogP contribution in [0.25, 0.3) is 10.4 Å². The highest BCUT2D eigenvalue weighted by molar-refractivity contribution is 5.69. The van der Waals surface area contributed by atoms with Gasteiger partial charge < -0.3 is 11.5 Å². The van der Waals surface area contributed by atoms with E-state index in [4.69, 9.17) is 17.0 Å². The number of hydrogen-bond donors (Lipinski definition) is 2. The van der Waals surface area contributed by atoms with Crippen molar-refractivity contribution >= 4 is 11.4 Å². The number of pyridine rings is 1. The number of nitrogens with two attached hydrogens (primary N) is 2. The third-order valence-electron chi connectivity index (χ3n) is 1.64. The second-order valence-electron chi connectivity index (χ2n) is 2.70. The molecule has 0 bridgehead atoms. The zero-order valence-electron chi connectivity index (χ0n) is 8.01. The Bertz CT molecular complexity index is 449. The molecule has 6 heteroatoms. The number of nitrogens with zero attached hydrogens (tertiary/aromatic N) is 4. The van der Waals surface area contributed by atoms with E-state index in [0.717, 1.165) is 0 Å². The maximum atomic E-state index is 8.03. The van der Waals surface area contributed by atoms with Gasteiger partial charge in [-0.1, -0.05) is 17.0 Å². The topological polar surface area (TPSA) is 114 Å². The normalized spacial score (nSPS) is 8.53. The van der Waals surface area contributed by atoms with E-state index in [9.17, 15) is 0 Å². The fourth-order valence-corrected chi connectivity index (χ4v) is 0.895. The van der Waals surface area contributed by atoms with Gasteiger partial charge in [-0.3, -0.25) is 4.98 Å². The molecule has 0 saturated heterocycles. The molecule has 1 aromatic rings. The lowest BCUT2D eigenvalue weighted by Crippen LogP contribution is -1.98. The van der Waals surface area contributed by atoms with Crippen LogP contribution in [0.5, 0.6) is 0 Å². The van der Waals surface area contributed by atoms with E-state index in [0.29, 0.717) is 29.9 Å². The maximum absolute atomic E-state index is 8.03. The van der Waals surface area contributed by atoms with Gasteiger partial charge in [-0.15, -0.1) is 0 Å². The van der Waals surface area contributed by atoms with Crippen LogP contribution in [0.4, 0.5) is 11.4 Å². The Kier molecular flexibility index (Phi) is 3.83. The Morgan fingerprint density at radius 1 is 1.47 bits per heavy atom. The molecule has 0 atom stereocenters. The van der Waals surface area contributed by atoms with Crippen LogP contribution in [0.2, 0.25) is 0 Å². The van der Waals surface area contributed by atoms with Gasteiger partial charge in [-0.05, 0) is 5.53 Å². The number of nitrogen functional groups attached to an aromatic ring is 2. The highest BCUT2D eigenvalue weighted by Crippen LogP contribution is 2.16. The SMILES string of the molecule is [N-]=[N+]=NCCC#Cc1cncc(N)c1N. The first-order chi connectivity index (χ1) is 7.25. The van der Waals surface area contributed by atoms with Crippen LogP contribution in [0.1, 0.15) is 12.0 Å². The Labute approximate surface area is 86.9 Å². The van der Waals surface area contributed by atoms with E-state index in [1.807, 2.05) is 0 Å². The largest absolute Gasteiger partial charge is 0.396 e. The fourth-order valence-electron chi connectivity index (χ4n) is 0.895. The first kappa shape index (κ1) is 10.7. The van der Waals surface area contributed by atoms with Crippen molar-refractivity contribution in [3.05, 3.63) is 28.4 Å². The third kappa shape index (κ3) is 3.10. The van der Waals surface area contributed by atoms with Gasteiger partial charge in [0.25, 0.3) is 0 Å². The summed E-state index contributed by atoms with van der Waals surface area (Å²) in [5, 5.41) is 3.35. The standard InChI is InChI=1S/C9H10N6/c10-8-6-13-5-7(9(8)11)3-1-2-4-14-15-12/h5-6H,2,4,10H2,(H2,11,13). The van der Waals surface area contributed by atoms with E-state index in [-0.39, 0.29) is 0 Å². The molecule has 1 heterocycles. The van der Waals surface area contributed by atoms with E-state index < -0.39 is 0 Å². The highest BCUT2D eigenvalue weighted by Gasteiger charge is 1.98. The number of aromatic nitrogens is 1. The van der Waals surface area contributed by atoms with Gasteiger partial charge in [-0.2, -0.15) is 0 Å². The summed E-state index contributed by atoms with van der Waals surface area (Å²) in [6.45, 7) is 0.346. The van der Waals surface area contributed by atoms with Crippen LogP contribution in [-0.2, 0) is 0 Å². The van der Waals surface area contributed by atoms with Crippen molar-refractivity contribution in [3.63, 3.8) is 0 Å². The Balaban J connectivity index is 2.71. The molecule has 0 aliphatic rings. The van der Waals surface area contributed by atoms with Crippen molar-refractivity contribution in [1.82, 2.24) is 4.98 Å².